The van der Waals surface area contributed by atoms with Crippen molar-refractivity contribution in [3.8, 4) is 0 Å². The molecule has 0 amide bonds. The number of sulfonamides is 1. The molecule has 0 saturated heterocycles. The van der Waals surface area contributed by atoms with E-state index in [2.05, 4.69) is 4.72 Å². The van der Waals surface area contributed by atoms with Crippen molar-refractivity contribution in [1.82, 2.24) is 4.72 Å². The van der Waals surface area contributed by atoms with Crippen LogP contribution in [0.15, 0.2) is 0 Å². The molecule has 0 aromatic carbocycles. The minimum absolute atomic E-state index is 0.122. The predicted molar refractivity (Wildman–Crippen MR) is 56.6 cm³/mol. The first-order chi connectivity index (χ1) is 6.05. The Morgan fingerprint density at radius 3 is 2.38 bits per heavy atom. The fraction of sp³-hybridized carbons (Fsp3) is 1.00. The number of unbranched alkanes of at least 4 members (excludes halogenated alkanes) is 1. The molecule has 1 N–H and O–H groups in total. The quantitative estimate of drug-likeness (QED) is 0.674. The molecule has 0 fully saturated rings. The van der Waals surface area contributed by atoms with Crippen molar-refractivity contribution in [3.63, 3.8) is 0 Å². The Hall–Kier alpha value is 0.200. The van der Waals surface area contributed by atoms with Crippen molar-refractivity contribution in [1.29, 1.82) is 0 Å². The van der Waals surface area contributed by atoms with Crippen LogP contribution >= 0.6 is 11.6 Å². The van der Waals surface area contributed by atoms with Crippen LogP contribution in [0.3, 0.4) is 0 Å². The minimum atomic E-state index is -3.10. The zero-order chi connectivity index (χ0) is 10.3. The Bertz CT molecular complexity index is 212. The van der Waals surface area contributed by atoms with Gasteiger partial charge in [-0.15, -0.1) is 11.6 Å². The Kier molecular flexibility index (Phi) is 6.73. The number of hydrogen-bond donors (Lipinski definition) is 1. The van der Waals surface area contributed by atoms with Crippen molar-refractivity contribution < 1.29 is 8.42 Å². The zero-order valence-electron chi connectivity index (χ0n) is 8.22. The van der Waals surface area contributed by atoms with E-state index in [0.29, 0.717) is 12.3 Å². The molecule has 80 valence electrons. The summed E-state index contributed by atoms with van der Waals surface area (Å²) in [5.41, 5.74) is 0. The van der Waals surface area contributed by atoms with Gasteiger partial charge in [0.15, 0.2) is 0 Å². The largest absolute Gasteiger partial charge is 0.212 e. The Morgan fingerprint density at radius 1 is 1.38 bits per heavy atom. The molecule has 0 rings (SSSR count). The average molecular weight is 228 g/mol. The van der Waals surface area contributed by atoms with E-state index in [-0.39, 0.29) is 11.8 Å². The van der Waals surface area contributed by atoms with Gasteiger partial charge in [0, 0.05) is 11.9 Å². The first-order valence-electron chi connectivity index (χ1n) is 4.61. The molecule has 0 heterocycles. The van der Waals surface area contributed by atoms with Crippen LogP contribution in [0, 0.1) is 0 Å². The monoisotopic (exact) mass is 227 g/mol. The number of hydrogen-bond acceptors (Lipinski definition) is 2. The van der Waals surface area contributed by atoms with Crippen LogP contribution in [0.25, 0.3) is 0 Å². The second-order valence-electron chi connectivity index (χ2n) is 3.05. The van der Waals surface area contributed by atoms with Gasteiger partial charge in [0.05, 0.1) is 5.75 Å². The van der Waals surface area contributed by atoms with E-state index in [1.165, 1.54) is 0 Å². The summed E-state index contributed by atoms with van der Waals surface area (Å²) in [4.78, 5) is 0. The summed E-state index contributed by atoms with van der Waals surface area (Å²) >= 11 is 5.58. The smallest absolute Gasteiger partial charge is 0.211 e. The molecule has 0 radical (unpaired) electrons. The third-order valence-electron chi connectivity index (χ3n) is 1.79. The van der Waals surface area contributed by atoms with Crippen molar-refractivity contribution >= 4 is 21.6 Å². The van der Waals surface area contributed by atoms with E-state index in [1.54, 1.807) is 0 Å². The molecule has 13 heavy (non-hydrogen) atoms. The van der Waals surface area contributed by atoms with E-state index in [0.717, 1.165) is 12.8 Å². The second-order valence-corrected chi connectivity index (χ2v) is 5.23. The molecule has 0 spiro atoms. The fourth-order valence-corrected chi connectivity index (χ4v) is 2.80. The van der Waals surface area contributed by atoms with Gasteiger partial charge in [0.1, 0.15) is 0 Å². The topological polar surface area (TPSA) is 46.2 Å². The van der Waals surface area contributed by atoms with Gasteiger partial charge < -0.3 is 0 Å². The first-order valence-corrected chi connectivity index (χ1v) is 6.80. The summed E-state index contributed by atoms with van der Waals surface area (Å²) in [6.07, 6.45) is 2.32. The summed E-state index contributed by atoms with van der Waals surface area (Å²) in [6.45, 7) is 3.88. The van der Waals surface area contributed by atoms with E-state index >= 15 is 0 Å². The normalized spacial score (nSPS) is 14.4. The van der Waals surface area contributed by atoms with Gasteiger partial charge in [-0.2, -0.15) is 0 Å². The van der Waals surface area contributed by atoms with E-state index in [4.69, 9.17) is 11.6 Å². The lowest BCUT2D eigenvalue weighted by molar-refractivity contribution is 0.554. The average Bonchev–Trinajstić information content (AvgIpc) is 2.11. The summed E-state index contributed by atoms with van der Waals surface area (Å²) in [7, 11) is -3.10. The van der Waals surface area contributed by atoms with Gasteiger partial charge in [-0.3, -0.25) is 0 Å². The predicted octanol–water partition coefficient (Wildman–Crippen LogP) is 1.72. The number of alkyl halides is 1. The zero-order valence-corrected chi connectivity index (χ0v) is 9.79. The van der Waals surface area contributed by atoms with Crippen molar-refractivity contribution in [2.75, 3.05) is 11.6 Å². The molecule has 1 unspecified atom stereocenters. The highest BCUT2D eigenvalue weighted by molar-refractivity contribution is 7.89. The van der Waals surface area contributed by atoms with Crippen molar-refractivity contribution in [3.05, 3.63) is 0 Å². The van der Waals surface area contributed by atoms with Crippen molar-refractivity contribution in [2.24, 2.45) is 0 Å². The minimum Gasteiger partial charge on any atom is -0.212 e. The summed E-state index contributed by atoms with van der Waals surface area (Å²) in [5.74, 6) is 0.540. The van der Waals surface area contributed by atoms with E-state index in [9.17, 15) is 8.42 Å². The van der Waals surface area contributed by atoms with Crippen LogP contribution in [0.1, 0.15) is 33.1 Å². The molecule has 0 aliphatic carbocycles. The lowest BCUT2D eigenvalue weighted by Gasteiger charge is -2.13. The van der Waals surface area contributed by atoms with Gasteiger partial charge in [0.25, 0.3) is 0 Å². The van der Waals surface area contributed by atoms with Crippen molar-refractivity contribution in [2.45, 2.75) is 39.2 Å². The first kappa shape index (κ1) is 13.2. The van der Waals surface area contributed by atoms with Gasteiger partial charge in [0.2, 0.25) is 10.0 Å². The molecule has 0 aromatic heterocycles. The van der Waals surface area contributed by atoms with Crippen LogP contribution in [-0.4, -0.2) is 26.1 Å². The van der Waals surface area contributed by atoms with Gasteiger partial charge >= 0.3 is 0 Å². The SMILES string of the molecule is CCCCS(=O)(=O)NC(CC)CCl. The number of rotatable bonds is 7. The third-order valence-corrected chi connectivity index (χ3v) is 3.68. The molecule has 3 nitrogen and oxygen atoms in total. The van der Waals surface area contributed by atoms with Crippen LogP contribution in [0.5, 0.6) is 0 Å². The maximum absolute atomic E-state index is 11.3. The standard InChI is InChI=1S/C8H18ClNO2S/c1-3-5-6-13(11,12)10-8(4-2)7-9/h8,10H,3-7H2,1-2H3. The fourth-order valence-electron chi connectivity index (χ4n) is 0.871. The molecule has 0 aliphatic rings. The lowest BCUT2D eigenvalue weighted by Crippen LogP contribution is -2.37. The lowest BCUT2D eigenvalue weighted by atomic mass is 10.3. The molecule has 0 bridgehead atoms. The molecule has 0 aliphatic heterocycles. The Morgan fingerprint density at radius 2 is 2.00 bits per heavy atom. The van der Waals surface area contributed by atoms with Crippen LogP contribution < -0.4 is 4.72 Å². The summed E-state index contributed by atoms with van der Waals surface area (Å²) < 4.78 is 25.3. The van der Waals surface area contributed by atoms with Gasteiger partial charge in [-0.1, -0.05) is 20.3 Å². The second kappa shape index (κ2) is 6.62. The Balaban J connectivity index is 4.00. The summed E-state index contributed by atoms with van der Waals surface area (Å²) in [5, 5.41) is 0. The molecule has 1 atom stereocenters. The van der Waals surface area contributed by atoms with Crippen LogP contribution in [0.2, 0.25) is 0 Å². The van der Waals surface area contributed by atoms with E-state index < -0.39 is 10.0 Å². The molecule has 5 heteroatoms. The van der Waals surface area contributed by atoms with E-state index in [1.807, 2.05) is 13.8 Å². The number of halogens is 1. The Labute approximate surface area is 85.9 Å². The van der Waals surface area contributed by atoms with Gasteiger partial charge in [-0.05, 0) is 12.8 Å². The highest BCUT2D eigenvalue weighted by Crippen LogP contribution is 2.00. The molecular weight excluding hydrogens is 210 g/mol. The van der Waals surface area contributed by atoms with Gasteiger partial charge in [-0.25, -0.2) is 13.1 Å². The highest BCUT2D eigenvalue weighted by Gasteiger charge is 2.14. The molecule has 0 aromatic rings. The maximum Gasteiger partial charge on any atom is 0.211 e. The molecule has 0 saturated carbocycles. The third kappa shape index (κ3) is 6.29. The maximum atomic E-state index is 11.3. The van der Waals surface area contributed by atoms with Crippen LogP contribution in [0.4, 0.5) is 0 Å². The molecular formula is C8H18ClNO2S. The summed E-state index contributed by atoms with van der Waals surface area (Å²) in [6, 6.07) is -0.122. The highest BCUT2D eigenvalue weighted by atomic mass is 35.5. The number of nitrogens with one attached hydrogen (secondary N) is 1. The van der Waals surface area contributed by atoms with Crippen LogP contribution in [-0.2, 0) is 10.0 Å².